The molecule has 0 aromatic heterocycles. The van der Waals surface area contributed by atoms with Gasteiger partial charge in [-0.3, -0.25) is 4.79 Å². The first-order valence-corrected chi connectivity index (χ1v) is 5.80. The minimum Gasteiger partial charge on any atom is -0.393 e. The van der Waals surface area contributed by atoms with E-state index in [-0.39, 0.29) is 17.9 Å². The van der Waals surface area contributed by atoms with E-state index in [2.05, 4.69) is 10.6 Å². The molecule has 1 amide bonds. The Hall–Kier alpha value is -0.610. The van der Waals surface area contributed by atoms with E-state index in [0.717, 1.165) is 25.8 Å². The van der Waals surface area contributed by atoms with Crippen LogP contribution in [0.2, 0.25) is 0 Å². The van der Waals surface area contributed by atoms with Gasteiger partial charge >= 0.3 is 0 Å². The van der Waals surface area contributed by atoms with Crippen molar-refractivity contribution >= 4 is 5.91 Å². The molecule has 4 nitrogen and oxygen atoms in total. The van der Waals surface area contributed by atoms with Gasteiger partial charge in [-0.2, -0.15) is 0 Å². The van der Waals surface area contributed by atoms with Crippen molar-refractivity contribution < 1.29 is 9.90 Å². The van der Waals surface area contributed by atoms with Crippen LogP contribution in [0.15, 0.2) is 0 Å². The highest BCUT2D eigenvalue weighted by Gasteiger charge is 2.28. The standard InChI is InChI=1S/C11H22N2O2/c1-8(14)4-3-6-13-11(15)10-5-7-12-9(10)2/h8-10,12,14H,3-7H2,1-2H3,(H,13,15). The van der Waals surface area contributed by atoms with Crippen LogP contribution >= 0.6 is 0 Å². The first-order valence-electron chi connectivity index (χ1n) is 5.80. The number of carbonyl (C=O) groups excluding carboxylic acids is 1. The Kier molecular flexibility index (Phi) is 5.05. The van der Waals surface area contributed by atoms with Gasteiger partial charge in [-0.05, 0) is 39.7 Å². The Bertz CT molecular complexity index is 207. The van der Waals surface area contributed by atoms with Gasteiger partial charge in [0, 0.05) is 12.6 Å². The molecule has 0 aromatic carbocycles. The maximum Gasteiger partial charge on any atom is 0.224 e. The molecule has 0 radical (unpaired) electrons. The molecule has 0 spiro atoms. The van der Waals surface area contributed by atoms with E-state index < -0.39 is 0 Å². The highest BCUT2D eigenvalue weighted by molar-refractivity contribution is 5.79. The van der Waals surface area contributed by atoms with Crippen LogP contribution in [-0.4, -0.2) is 36.2 Å². The zero-order valence-corrected chi connectivity index (χ0v) is 9.62. The fourth-order valence-corrected chi connectivity index (χ4v) is 1.96. The van der Waals surface area contributed by atoms with Crippen LogP contribution in [0, 0.1) is 5.92 Å². The molecule has 4 heteroatoms. The van der Waals surface area contributed by atoms with Gasteiger partial charge in [-0.25, -0.2) is 0 Å². The number of aliphatic hydroxyl groups excluding tert-OH is 1. The van der Waals surface area contributed by atoms with Crippen LogP contribution in [-0.2, 0) is 4.79 Å². The molecule has 1 aliphatic heterocycles. The third kappa shape index (κ3) is 4.18. The maximum atomic E-state index is 11.7. The van der Waals surface area contributed by atoms with E-state index >= 15 is 0 Å². The SMILES string of the molecule is CC(O)CCCNC(=O)C1CCNC1C. The highest BCUT2D eigenvalue weighted by Crippen LogP contribution is 2.14. The Labute approximate surface area is 91.4 Å². The second-order valence-corrected chi connectivity index (χ2v) is 4.42. The summed E-state index contributed by atoms with van der Waals surface area (Å²) in [6.45, 7) is 5.43. The number of carbonyl (C=O) groups is 1. The van der Waals surface area contributed by atoms with Gasteiger partial charge in [0.05, 0.1) is 12.0 Å². The number of hydrogen-bond acceptors (Lipinski definition) is 3. The predicted octanol–water partition coefficient (Wildman–Crippen LogP) is 0.262. The Balaban J connectivity index is 2.13. The van der Waals surface area contributed by atoms with Crippen molar-refractivity contribution in [2.45, 2.75) is 45.3 Å². The summed E-state index contributed by atoms with van der Waals surface area (Å²) in [6, 6.07) is 0.293. The van der Waals surface area contributed by atoms with Crippen LogP contribution < -0.4 is 10.6 Å². The quantitative estimate of drug-likeness (QED) is 0.575. The molecule has 1 rings (SSSR count). The molecule has 15 heavy (non-hydrogen) atoms. The van der Waals surface area contributed by atoms with Crippen LogP contribution in [0.25, 0.3) is 0 Å². The lowest BCUT2D eigenvalue weighted by atomic mass is 10.0. The summed E-state index contributed by atoms with van der Waals surface area (Å²) >= 11 is 0. The van der Waals surface area contributed by atoms with Gasteiger partial charge in [-0.15, -0.1) is 0 Å². The number of rotatable bonds is 5. The molecular weight excluding hydrogens is 192 g/mol. The Morgan fingerprint density at radius 1 is 1.67 bits per heavy atom. The number of nitrogens with one attached hydrogen (secondary N) is 2. The summed E-state index contributed by atoms with van der Waals surface area (Å²) in [5.41, 5.74) is 0. The average Bonchev–Trinajstić information content (AvgIpc) is 2.58. The van der Waals surface area contributed by atoms with Gasteiger partial charge < -0.3 is 15.7 Å². The van der Waals surface area contributed by atoms with E-state index in [1.165, 1.54) is 0 Å². The van der Waals surface area contributed by atoms with Gasteiger partial charge in [0.2, 0.25) is 5.91 Å². The van der Waals surface area contributed by atoms with Crippen molar-refractivity contribution in [2.75, 3.05) is 13.1 Å². The van der Waals surface area contributed by atoms with E-state index in [4.69, 9.17) is 5.11 Å². The van der Waals surface area contributed by atoms with Gasteiger partial charge in [0.15, 0.2) is 0 Å². The van der Waals surface area contributed by atoms with E-state index in [1.807, 2.05) is 6.92 Å². The Morgan fingerprint density at radius 2 is 2.40 bits per heavy atom. The molecular formula is C11H22N2O2. The van der Waals surface area contributed by atoms with Crippen molar-refractivity contribution in [3.63, 3.8) is 0 Å². The van der Waals surface area contributed by atoms with E-state index in [9.17, 15) is 4.79 Å². The zero-order valence-electron chi connectivity index (χ0n) is 9.62. The van der Waals surface area contributed by atoms with E-state index in [1.54, 1.807) is 6.92 Å². The number of hydrogen-bond donors (Lipinski definition) is 3. The molecule has 3 atom stereocenters. The van der Waals surface area contributed by atoms with Crippen molar-refractivity contribution in [1.29, 1.82) is 0 Å². The lowest BCUT2D eigenvalue weighted by molar-refractivity contribution is -0.125. The lowest BCUT2D eigenvalue weighted by Crippen LogP contribution is -2.37. The molecule has 3 N–H and O–H groups in total. The second kappa shape index (κ2) is 6.08. The van der Waals surface area contributed by atoms with Crippen molar-refractivity contribution in [3.05, 3.63) is 0 Å². The van der Waals surface area contributed by atoms with Crippen LogP contribution in [0.3, 0.4) is 0 Å². The summed E-state index contributed by atoms with van der Waals surface area (Å²) < 4.78 is 0. The largest absolute Gasteiger partial charge is 0.393 e. The summed E-state index contributed by atoms with van der Waals surface area (Å²) in [5, 5.41) is 15.2. The average molecular weight is 214 g/mol. The smallest absolute Gasteiger partial charge is 0.224 e. The summed E-state index contributed by atoms with van der Waals surface area (Å²) in [4.78, 5) is 11.7. The highest BCUT2D eigenvalue weighted by atomic mass is 16.3. The van der Waals surface area contributed by atoms with Crippen molar-refractivity contribution in [3.8, 4) is 0 Å². The monoisotopic (exact) mass is 214 g/mol. The van der Waals surface area contributed by atoms with E-state index in [0.29, 0.717) is 12.6 Å². The first-order chi connectivity index (χ1) is 7.11. The van der Waals surface area contributed by atoms with Gasteiger partial charge in [-0.1, -0.05) is 0 Å². The molecule has 1 saturated heterocycles. The maximum absolute atomic E-state index is 11.7. The number of aliphatic hydroxyl groups is 1. The second-order valence-electron chi connectivity index (χ2n) is 4.42. The van der Waals surface area contributed by atoms with Crippen LogP contribution in [0.1, 0.15) is 33.1 Å². The third-order valence-corrected chi connectivity index (χ3v) is 2.96. The summed E-state index contributed by atoms with van der Waals surface area (Å²) in [5.74, 6) is 0.273. The molecule has 3 unspecified atom stereocenters. The Morgan fingerprint density at radius 3 is 2.93 bits per heavy atom. The van der Waals surface area contributed by atoms with Crippen molar-refractivity contribution in [2.24, 2.45) is 5.92 Å². The third-order valence-electron chi connectivity index (χ3n) is 2.96. The minimum absolute atomic E-state index is 0.122. The molecule has 0 aromatic rings. The zero-order chi connectivity index (χ0) is 11.3. The molecule has 0 aliphatic carbocycles. The van der Waals surface area contributed by atoms with Gasteiger partial charge in [0.25, 0.3) is 0 Å². The minimum atomic E-state index is -0.269. The van der Waals surface area contributed by atoms with Crippen molar-refractivity contribution in [1.82, 2.24) is 10.6 Å². The van der Waals surface area contributed by atoms with Crippen LogP contribution in [0.5, 0.6) is 0 Å². The predicted molar refractivity (Wildman–Crippen MR) is 59.5 cm³/mol. The summed E-state index contributed by atoms with van der Waals surface area (Å²) in [7, 11) is 0. The molecule has 1 heterocycles. The molecule has 88 valence electrons. The fourth-order valence-electron chi connectivity index (χ4n) is 1.96. The summed E-state index contributed by atoms with van der Waals surface area (Å²) in [6.07, 6.45) is 2.26. The van der Waals surface area contributed by atoms with Crippen LogP contribution in [0.4, 0.5) is 0 Å². The number of amides is 1. The fraction of sp³-hybridized carbons (Fsp3) is 0.909. The molecule has 0 bridgehead atoms. The first kappa shape index (κ1) is 12.5. The normalized spacial score (nSPS) is 27.7. The molecule has 1 aliphatic rings. The lowest BCUT2D eigenvalue weighted by Gasteiger charge is -2.15. The topological polar surface area (TPSA) is 61.4 Å². The molecule has 1 fully saturated rings. The molecule has 0 saturated carbocycles. The van der Waals surface area contributed by atoms with Gasteiger partial charge in [0.1, 0.15) is 0 Å².